The van der Waals surface area contributed by atoms with Crippen LogP contribution in [0.15, 0.2) is 36.7 Å². The molecule has 19 heavy (non-hydrogen) atoms. The van der Waals surface area contributed by atoms with Crippen molar-refractivity contribution in [2.24, 2.45) is 0 Å². The molecule has 0 aliphatic carbocycles. The zero-order valence-electron chi connectivity index (χ0n) is 11.5. The van der Waals surface area contributed by atoms with E-state index in [1.807, 2.05) is 35.1 Å². The van der Waals surface area contributed by atoms with Gasteiger partial charge in [0.1, 0.15) is 0 Å². The summed E-state index contributed by atoms with van der Waals surface area (Å²) in [5.74, 6) is 0. The van der Waals surface area contributed by atoms with Crippen molar-refractivity contribution in [2.45, 2.75) is 39.6 Å². The molecule has 4 nitrogen and oxygen atoms in total. The predicted octanol–water partition coefficient (Wildman–Crippen LogP) is 2.25. The van der Waals surface area contributed by atoms with E-state index in [-0.39, 0.29) is 6.61 Å². The minimum atomic E-state index is 0.0993. The number of nitrogens with one attached hydrogen (secondary N) is 1. The largest absolute Gasteiger partial charge is 0.392 e. The molecule has 0 unspecified atom stereocenters. The van der Waals surface area contributed by atoms with Crippen LogP contribution in [0.4, 0.5) is 0 Å². The number of nitrogens with zero attached hydrogens (tertiary/aromatic N) is 2. The number of hydrogen-bond donors (Lipinski definition) is 2. The first-order chi connectivity index (χ1) is 9.19. The van der Waals surface area contributed by atoms with E-state index in [0.717, 1.165) is 18.7 Å². The molecule has 1 aromatic carbocycles. The van der Waals surface area contributed by atoms with E-state index in [9.17, 15) is 0 Å². The Hall–Kier alpha value is -1.65. The molecule has 0 amide bonds. The normalized spacial score (nSPS) is 11.2. The molecule has 0 aliphatic heterocycles. The van der Waals surface area contributed by atoms with Crippen LogP contribution in [0.1, 0.15) is 36.6 Å². The molecule has 4 heteroatoms. The number of aliphatic hydroxyl groups excluding tert-OH is 1. The van der Waals surface area contributed by atoms with Gasteiger partial charge in [0.05, 0.1) is 12.8 Å². The average molecular weight is 259 g/mol. The highest BCUT2D eigenvalue weighted by Crippen LogP contribution is 2.07. The Labute approximate surface area is 114 Å². The van der Waals surface area contributed by atoms with E-state index in [1.165, 1.54) is 11.1 Å². The van der Waals surface area contributed by atoms with Crippen LogP contribution in [0.25, 0.3) is 0 Å². The number of aromatic nitrogens is 2. The molecular formula is C15H21N3O. The van der Waals surface area contributed by atoms with Gasteiger partial charge in [0.25, 0.3) is 0 Å². The summed E-state index contributed by atoms with van der Waals surface area (Å²) in [4.78, 5) is 0. The molecule has 0 atom stereocenters. The summed E-state index contributed by atoms with van der Waals surface area (Å²) in [7, 11) is 0. The van der Waals surface area contributed by atoms with Crippen LogP contribution in [-0.2, 0) is 19.7 Å². The topological polar surface area (TPSA) is 50.1 Å². The highest BCUT2D eigenvalue weighted by atomic mass is 16.3. The molecule has 2 aromatic rings. The molecule has 2 N–H and O–H groups in total. The second kappa shape index (κ2) is 6.50. The predicted molar refractivity (Wildman–Crippen MR) is 75.5 cm³/mol. The Kier molecular flexibility index (Phi) is 4.71. The third kappa shape index (κ3) is 3.91. The minimum absolute atomic E-state index is 0.0993. The highest BCUT2D eigenvalue weighted by molar-refractivity contribution is 5.21. The van der Waals surface area contributed by atoms with Gasteiger partial charge in [-0.2, -0.15) is 5.10 Å². The minimum Gasteiger partial charge on any atom is -0.392 e. The lowest BCUT2D eigenvalue weighted by atomic mass is 10.1. The number of benzene rings is 1. The first-order valence-electron chi connectivity index (χ1n) is 6.61. The van der Waals surface area contributed by atoms with E-state index in [1.54, 1.807) is 0 Å². The lowest BCUT2D eigenvalue weighted by Crippen LogP contribution is -2.12. The Bertz CT molecular complexity index is 502. The Morgan fingerprint density at radius 1 is 1.11 bits per heavy atom. The molecule has 0 saturated carbocycles. The lowest BCUT2D eigenvalue weighted by Gasteiger charge is -2.05. The van der Waals surface area contributed by atoms with Crippen LogP contribution in [0, 0.1) is 0 Å². The van der Waals surface area contributed by atoms with Crippen molar-refractivity contribution in [3.05, 3.63) is 53.3 Å². The van der Waals surface area contributed by atoms with Crippen molar-refractivity contribution in [3.63, 3.8) is 0 Å². The standard InChI is InChI=1S/C15H21N3O/c1-12(2)18-10-15(9-17-18)8-16-7-13-3-5-14(11-19)6-4-13/h3-6,9-10,12,16,19H,7-8,11H2,1-2H3. The van der Waals surface area contributed by atoms with Crippen LogP contribution in [0.5, 0.6) is 0 Å². The van der Waals surface area contributed by atoms with Crippen LogP contribution in [0.3, 0.4) is 0 Å². The molecule has 0 aliphatic rings. The van der Waals surface area contributed by atoms with Gasteiger partial charge in [-0.15, -0.1) is 0 Å². The van der Waals surface area contributed by atoms with Gasteiger partial charge < -0.3 is 10.4 Å². The molecule has 102 valence electrons. The lowest BCUT2D eigenvalue weighted by molar-refractivity contribution is 0.282. The Morgan fingerprint density at radius 3 is 2.32 bits per heavy atom. The quantitative estimate of drug-likeness (QED) is 0.836. The van der Waals surface area contributed by atoms with Crippen molar-refractivity contribution in [2.75, 3.05) is 0 Å². The summed E-state index contributed by atoms with van der Waals surface area (Å²) in [6, 6.07) is 8.38. The summed E-state index contributed by atoms with van der Waals surface area (Å²) in [6.07, 6.45) is 3.98. The molecule has 0 bridgehead atoms. The van der Waals surface area contributed by atoms with E-state index >= 15 is 0 Å². The zero-order chi connectivity index (χ0) is 13.7. The maximum Gasteiger partial charge on any atom is 0.0681 e. The number of rotatable bonds is 6. The van der Waals surface area contributed by atoms with Gasteiger partial charge in [-0.05, 0) is 25.0 Å². The van der Waals surface area contributed by atoms with Crippen LogP contribution in [0.2, 0.25) is 0 Å². The van der Waals surface area contributed by atoms with Gasteiger partial charge in [-0.1, -0.05) is 24.3 Å². The monoisotopic (exact) mass is 259 g/mol. The number of hydrogen-bond acceptors (Lipinski definition) is 3. The summed E-state index contributed by atoms with van der Waals surface area (Å²) >= 11 is 0. The van der Waals surface area contributed by atoms with Crippen LogP contribution >= 0.6 is 0 Å². The number of aliphatic hydroxyl groups is 1. The van der Waals surface area contributed by atoms with Gasteiger partial charge in [0.2, 0.25) is 0 Å². The third-order valence-corrected chi connectivity index (χ3v) is 3.05. The Balaban J connectivity index is 1.81. The maximum absolute atomic E-state index is 8.98. The van der Waals surface area contributed by atoms with Gasteiger partial charge in [0, 0.05) is 30.9 Å². The van der Waals surface area contributed by atoms with Crippen molar-refractivity contribution in [1.82, 2.24) is 15.1 Å². The van der Waals surface area contributed by atoms with Crippen LogP contribution < -0.4 is 5.32 Å². The van der Waals surface area contributed by atoms with Gasteiger partial charge in [-0.25, -0.2) is 0 Å². The molecule has 1 heterocycles. The first-order valence-corrected chi connectivity index (χ1v) is 6.61. The molecule has 2 rings (SSSR count). The second-order valence-corrected chi connectivity index (χ2v) is 5.00. The zero-order valence-corrected chi connectivity index (χ0v) is 11.5. The van der Waals surface area contributed by atoms with Crippen molar-refractivity contribution in [1.29, 1.82) is 0 Å². The molecule has 0 fully saturated rings. The molecule has 1 aromatic heterocycles. The van der Waals surface area contributed by atoms with E-state index in [4.69, 9.17) is 5.11 Å². The van der Waals surface area contributed by atoms with Crippen molar-refractivity contribution in [3.8, 4) is 0 Å². The van der Waals surface area contributed by atoms with Gasteiger partial charge in [-0.3, -0.25) is 4.68 Å². The molecule has 0 spiro atoms. The van der Waals surface area contributed by atoms with Crippen molar-refractivity contribution < 1.29 is 5.11 Å². The highest BCUT2D eigenvalue weighted by Gasteiger charge is 2.01. The summed E-state index contributed by atoms with van der Waals surface area (Å²) in [5.41, 5.74) is 3.36. The third-order valence-electron chi connectivity index (χ3n) is 3.05. The van der Waals surface area contributed by atoms with E-state index in [0.29, 0.717) is 6.04 Å². The van der Waals surface area contributed by atoms with E-state index in [2.05, 4.69) is 30.5 Å². The summed E-state index contributed by atoms with van der Waals surface area (Å²) in [5, 5.41) is 16.7. The fourth-order valence-corrected chi connectivity index (χ4v) is 1.86. The summed E-state index contributed by atoms with van der Waals surface area (Å²) < 4.78 is 1.97. The molecular weight excluding hydrogens is 238 g/mol. The average Bonchev–Trinajstić information content (AvgIpc) is 2.89. The van der Waals surface area contributed by atoms with Gasteiger partial charge >= 0.3 is 0 Å². The smallest absolute Gasteiger partial charge is 0.0681 e. The van der Waals surface area contributed by atoms with Crippen molar-refractivity contribution >= 4 is 0 Å². The fraction of sp³-hybridized carbons (Fsp3) is 0.400. The second-order valence-electron chi connectivity index (χ2n) is 5.00. The van der Waals surface area contributed by atoms with E-state index < -0.39 is 0 Å². The SMILES string of the molecule is CC(C)n1cc(CNCc2ccc(CO)cc2)cn1. The first kappa shape index (κ1) is 13.8. The van der Waals surface area contributed by atoms with Gasteiger partial charge in [0.15, 0.2) is 0 Å². The maximum atomic E-state index is 8.98. The molecule has 0 saturated heterocycles. The molecule has 0 radical (unpaired) electrons. The Morgan fingerprint density at radius 2 is 1.74 bits per heavy atom. The summed E-state index contributed by atoms with van der Waals surface area (Å²) in [6.45, 7) is 5.97. The van der Waals surface area contributed by atoms with Crippen LogP contribution in [-0.4, -0.2) is 14.9 Å². The fourth-order valence-electron chi connectivity index (χ4n) is 1.86.